The number of benzene rings is 1. The van der Waals surface area contributed by atoms with E-state index in [0.717, 1.165) is 0 Å². The first-order valence-corrected chi connectivity index (χ1v) is 29.0. The van der Waals surface area contributed by atoms with Gasteiger partial charge in [-0.3, -0.25) is 4.79 Å². The summed E-state index contributed by atoms with van der Waals surface area (Å²) in [4.78, 5) is 18.6. The van der Waals surface area contributed by atoms with E-state index >= 15 is 0 Å². The number of sulfone groups is 1. The number of methoxy groups -OCH3 is 3. The van der Waals surface area contributed by atoms with Crippen molar-refractivity contribution in [2.45, 2.75) is 194 Å². The van der Waals surface area contributed by atoms with Crippen molar-refractivity contribution in [2.75, 3.05) is 67.5 Å². The Morgan fingerprint density at radius 1 is 0.960 bits per heavy atom. The molecule has 5 rings (SSSR count). The number of likely N-dealkylation sites (N-methyl/N-ethyl adjacent to an activating group) is 2. The molecule has 3 aliphatic heterocycles. The van der Waals surface area contributed by atoms with Gasteiger partial charge >= 0.3 is 5.97 Å². The van der Waals surface area contributed by atoms with Crippen molar-refractivity contribution in [3.63, 3.8) is 0 Å². The van der Waals surface area contributed by atoms with E-state index in [4.69, 9.17) is 37.9 Å². The number of aliphatic hydroxyl groups is 4. The number of ether oxygens (including phenoxy) is 8. The average Bonchev–Trinajstić information content (AvgIpc) is 3.83. The first-order chi connectivity index (χ1) is 35.0. The van der Waals surface area contributed by atoms with Gasteiger partial charge in [-0.2, -0.15) is 0 Å². The van der Waals surface area contributed by atoms with Crippen LogP contribution < -0.4 is 0 Å². The molecule has 1 aromatic heterocycles. The number of nitrogens with zero attached hydrogens (tertiary/aromatic N) is 5. The second-order valence-electron chi connectivity index (χ2n) is 22.2. The van der Waals surface area contributed by atoms with E-state index in [2.05, 4.69) is 15.2 Å². The van der Waals surface area contributed by atoms with E-state index in [1.165, 1.54) is 45.1 Å². The maximum atomic E-state index is 14.9. The summed E-state index contributed by atoms with van der Waals surface area (Å²) in [6, 6.07) is 4.67. The Morgan fingerprint density at radius 2 is 1.63 bits per heavy atom. The molecular formula is C52H87FIN5O15S. The first kappa shape index (κ1) is 63.7. The number of hydrogen-bond acceptors (Lipinski definition) is 19. The Hall–Kier alpha value is -2.08. The van der Waals surface area contributed by atoms with Gasteiger partial charge < -0.3 is 68.1 Å². The molecule has 0 spiro atoms. The van der Waals surface area contributed by atoms with Gasteiger partial charge in [-0.25, -0.2) is 17.5 Å². The minimum absolute atomic E-state index is 0.0563. The number of carbonyl (C=O) groups is 1. The van der Waals surface area contributed by atoms with Crippen LogP contribution in [0.15, 0.2) is 35.4 Å². The molecule has 0 radical (unpaired) electrons. The predicted octanol–water partition coefficient (Wildman–Crippen LogP) is 4.44. The van der Waals surface area contributed by atoms with Crippen LogP contribution in [0.25, 0.3) is 0 Å². The highest BCUT2D eigenvalue weighted by Crippen LogP contribution is 2.41. The summed E-state index contributed by atoms with van der Waals surface area (Å²) < 4.78 is 89.6. The van der Waals surface area contributed by atoms with E-state index in [1.807, 2.05) is 62.4 Å². The highest BCUT2D eigenvalue weighted by molar-refractivity contribution is 14.1. The molecule has 75 heavy (non-hydrogen) atoms. The van der Waals surface area contributed by atoms with Gasteiger partial charge in [0.25, 0.3) is 0 Å². The zero-order chi connectivity index (χ0) is 56.0. The quantitative estimate of drug-likeness (QED) is 0.0916. The van der Waals surface area contributed by atoms with Crippen LogP contribution in [0.3, 0.4) is 0 Å². The Labute approximate surface area is 457 Å². The average molecular weight is 1200 g/mol. The number of rotatable bonds is 18. The highest BCUT2D eigenvalue weighted by Gasteiger charge is 2.52. The summed E-state index contributed by atoms with van der Waals surface area (Å²) >= 11 is 1.83. The SMILES string of the molecule is COCCS(=O)(=O)c1ccc([C@@H](OC)[C@@H](CF)n2cc(CCN(C)[C@@H]3C[C@H](O[C@@H]4[C@@H](C)[C@H](O[C@H]5C[C@@](C)(OC)[C@@H](O)[C@H](C)O5)[C@@H](C)C(=O)O[C@H](I)[C@@](C)(O)[C@H](O)[C@@H](C)N(C)C[C@H](C)C[C@@]4(C)O)O[C@H](C)C3)nn2)cc1. The summed E-state index contributed by atoms with van der Waals surface area (Å²) in [5.74, 6) is -2.84. The lowest BCUT2D eigenvalue weighted by molar-refractivity contribution is -0.308. The second kappa shape index (κ2) is 26.9. The molecule has 3 saturated heterocycles. The molecule has 19 atom stereocenters. The lowest BCUT2D eigenvalue weighted by atomic mass is 9.77. The number of cyclic esters (lactones) is 1. The molecule has 20 nitrogen and oxygen atoms in total. The Bertz CT molecular complexity index is 2220. The van der Waals surface area contributed by atoms with Crippen LogP contribution >= 0.6 is 22.6 Å². The Balaban J connectivity index is 1.39. The summed E-state index contributed by atoms with van der Waals surface area (Å²) in [5, 5.41) is 55.8. The molecule has 4 heterocycles. The molecule has 0 unspecified atom stereocenters. The number of carbonyl (C=O) groups excluding carboxylic acids is 1. The van der Waals surface area contributed by atoms with E-state index in [1.54, 1.807) is 52.9 Å². The number of esters is 1. The fraction of sp³-hybridized carbons (Fsp3) is 0.827. The van der Waals surface area contributed by atoms with Crippen molar-refractivity contribution in [3.8, 4) is 0 Å². The highest BCUT2D eigenvalue weighted by atomic mass is 127. The van der Waals surface area contributed by atoms with E-state index in [-0.39, 0.29) is 48.2 Å². The zero-order valence-electron chi connectivity index (χ0n) is 46.4. The number of aromatic nitrogens is 3. The zero-order valence-corrected chi connectivity index (χ0v) is 49.3. The topological polar surface area (TPSA) is 243 Å². The molecular weight excluding hydrogens is 1110 g/mol. The van der Waals surface area contributed by atoms with Crippen LogP contribution in [0.4, 0.5) is 4.39 Å². The third-order valence-electron chi connectivity index (χ3n) is 15.9. The number of aliphatic hydroxyl groups excluding tert-OH is 2. The van der Waals surface area contributed by atoms with Gasteiger partial charge in [0, 0.05) is 77.9 Å². The maximum Gasteiger partial charge on any atom is 0.312 e. The van der Waals surface area contributed by atoms with Gasteiger partial charge in [0.1, 0.15) is 36.6 Å². The lowest BCUT2D eigenvalue weighted by Gasteiger charge is -2.48. The minimum atomic E-state index is -3.57. The van der Waals surface area contributed by atoms with Gasteiger partial charge in [0.2, 0.25) is 0 Å². The van der Waals surface area contributed by atoms with Gasteiger partial charge in [0.05, 0.1) is 64.5 Å². The molecule has 4 N–H and O–H groups in total. The van der Waals surface area contributed by atoms with E-state index < -0.39 is 117 Å². The standard InChI is InChI=1S/C52H87FIN5O15S/c1-30-25-50(7,63)47(32(3)43(72-42-26-51(8,69-14)46(61)35(6)71-42)33(4)48(62)74-49(54)52(9,64)45(60)34(5)58(11)28-30)73-41-24-38(23-31(2)70-41)57(10)20-19-37-29-59(56-55-37)40(27-53)44(68-13)36-15-17-39(18-16-36)75(65,66)22-21-67-12/h15-18,29-35,38,40-47,49,60-61,63-64H,19-28H2,1-14H3/t30-,31-,32+,33-,34-,35+,38+,40-,41+,42+,43+,44-,45-,46+,47-,49+,50-,51-,52+/m1/s1. The predicted molar refractivity (Wildman–Crippen MR) is 284 cm³/mol. The lowest BCUT2D eigenvalue weighted by Crippen LogP contribution is -2.59. The molecule has 0 bridgehead atoms. The van der Waals surface area contributed by atoms with Crippen molar-refractivity contribution < 1.29 is 75.9 Å². The normalized spacial score (nSPS) is 38.1. The van der Waals surface area contributed by atoms with Gasteiger partial charge in [-0.15, -0.1) is 5.10 Å². The third-order valence-corrected chi connectivity index (χ3v) is 19.1. The third kappa shape index (κ3) is 15.6. The largest absolute Gasteiger partial charge is 0.448 e. The van der Waals surface area contributed by atoms with Crippen LogP contribution in [0.2, 0.25) is 0 Å². The molecule has 23 heteroatoms. The molecule has 1 aromatic carbocycles. The molecule has 3 fully saturated rings. The molecule has 430 valence electrons. The van der Waals surface area contributed by atoms with Crippen LogP contribution in [0.1, 0.15) is 111 Å². The number of halogens is 2. The van der Waals surface area contributed by atoms with Crippen LogP contribution in [0.5, 0.6) is 0 Å². The fourth-order valence-corrected chi connectivity index (χ4v) is 12.9. The second-order valence-corrected chi connectivity index (χ2v) is 25.4. The molecule has 0 amide bonds. The summed E-state index contributed by atoms with van der Waals surface area (Å²) in [7, 11) is 4.66. The van der Waals surface area contributed by atoms with Crippen LogP contribution in [-0.4, -0.2) is 209 Å². The first-order valence-electron chi connectivity index (χ1n) is 26.1. The van der Waals surface area contributed by atoms with Crippen molar-refractivity contribution in [2.24, 2.45) is 17.8 Å². The van der Waals surface area contributed by atoms with Crippen molar-refractivity contribution >= 4 is 38.4 Å². The van der Waals surface area contributed by atoms with Gasteiger partial charge in [-0.1, -0.05) is 31.2 Å². The van der Waals surface area contributed by atoms with Crippen LogP contribution in [0, 0.1) is 17.8 Å². The molecule has 2 aromatic rings. The van der Waals surface area contributed by atoms with Crippen molar-refractivity contribution in [1.82, 2.24) is 24.8 Å². The number of hydrogen-bond donors (Lipinski definition) is 4. The van der Waals surface area contributed by atoms with Crippen LogP contribution in [-0.2, 0) is 58.9 Å². The molecule has 0 saturated carbocycles. The van der Waals surface area contributed by atoms with Gasteiger partial charge in [0.15, 0.2) is 26.5 Å². The summed E-state index contributed by atoms with van der Waals surface area (Å²) in [6.45, 7) is 16.1. The molecule has 3 aliphatic rings. The smallest absolute Gasteiger partial charge is 0.312 e. The fourth-order valence-electron chi connectivity index (χ4n) is 11.1. The van der Waals surface area contributed by atoms with Gasteiger partial charge in [-0.05, 0) is 122 Å². The molecule has 0 aliphatic carbocycles. The monoisotopic (exact) mass is 1200 g/mol. The summed E-state index contributed by atoms with van der Waals surface area (Å²) in [6.07, 6.45) is -4.33. The maximum absolute atomic E-state index is 14.9. The Kier molecular flexibility index (Phi) is 22.9. The van der Waals surface area contributed by atoms with E-state index in [9.17, 15) is 38.0 Å². The summed E-state index contributed by atoms with van der Waals surface area (Å²) in [5.41, 5.74) is -3.28. The van der Waals surface area contributed by atoms with E-state index in [0.29, 0.717) is 43.6 Å². The van der Waals surface area contributed by atoms with Crippen molar-refractivity contribution in [1.29, 1.82) is 0 Å². The van der Waals surface area contributed by atoms with Crippen molar-refractivity contribution in [3.05, 3.63) is 41.7 Å². The number of alkyl halides is 2. The Morgan fingerprint density at radius 3 is 2.24 bits per heavy atom. The minimum Gasteiger partial charge on any atom is -0.448 e.